The maximum absolute atomic E-state index is 13.0. The molecule has 0 unspecified atom stereocenters. The SMILES string of the molecule is C[C@@H]1CNCCCCN1S(=O)(=O)c1ccc2cnccc2c1.Cl. The van der Waals surface area contributed by atoms with Gasteiger partial charge in [-0.15, -0.1) is 12.4 Å². The lowest BCUT2D eigenvalue weighted by atomic mass is 10.2. The molecule has 2 aromatic rings. The minimum Gasteiger partial charge on any atom is -0.315 e. The summed E-state index contributed by atoms with van der Waals surface area (Å²) in [5.41, 5.74) is 0. The fraction of sp³-hybridized carbons (Fsp3) is 0.438. The Kier molecular flexibility index (Phi) is 5.97. The zero-order chi connectivity index (χ0) is 15.6. The number of hydrogen-bond donors (Lipinski definition) is 1. The summed E-state index contributed by atoms with van der Waals surface area (Å²) in [6.45, 7) is 4.19. The Hall–Kier alpha value is -1.21. The Balaban J connectivity index is 0.00000192. The van der Waals surface area contributed by atoms with Gasteiger partial charge in [0.15, 0.2) is 0 Å². The summed E-state index contributed by atoms with van der Waals surface area (Å²) in [6, 6.07) is 7.04. The molecule has 3 rings (SSSR count). The second-order valence-corrected chi connectivity index (χ2v) is 7.65. The third kappa shape index (κ3) is 3.83. The lowest BCUT2D eigenvalue weighted by Crippen LogP contribution is -2.46. The summed E-state index contributed by atoms with van der Waals surface area (Å²) >= 11 is 0. The van der Waals surface area contributed by atoms with Gasteiger partial charge >= 0.3 is 0 Å². The molecule has 1 saturated heterocycles. The summed E-state index contributed by atoms with van der Waals surface area (Å²) in [4.78, 5) is 4.42. The number of hydrogen-bond acceptors (Lipinski definition) is 4. The number of halogens is 1. The number of nitrogens with one attached hydrogen (secondary N) is 1. The van der Waals surface area contributed by atoms with E-state index in [1.807, 2.05) is 19.1 Å². The lowest BCUT2D eigenvalue weighted by Gasteiger charge is -2.30. The molecule has 1 aliphatic heterocycles. The Bertz CT molecular complexity index is 767. The molecule has 1 aliphatic rings. The van der Waals surface area contributed by atoms with Crippen LogP contribution in [0.3, 0.4) is 0 Å². The second kappa shape index (κ2) is 7.57. The van der Waals surface area contributed by atoms with Crippen LogP contribution in [0.2, 0.25) is 0 Å². The zero-order valence-corrected chi connectivity index (χ0v) is 14.7. The van der Waals surface area contributed by atoms with E-state index in [1.165, 1.54) is 0 Å². The van der Waals surface area contributed by atoms with Gasteiger partial charge < -0.3 is 5.32 Å². The number of nitrogens with zero attached hydrogens (tertiary/aromatic N) is 2. The molecule has 1 aromatic carbocycles. The standard InChI is InChI=1S/C16H21N3O2S.ClH/c1-13-11-17-7-2-3-9-19(13)22(20,21)16-5-4-15-12-18-8-6-14(15)10-16;/h4-6,8,10,12-13,17H,2-3,7,9,11H2,1H3;1H/t13-;/m1./s1. The number of aromatic nitrogens is 1. The molecule has 2 heterocycles. The third-order valence-electron chi connectivity index (χ3n) is 4.13. The fourth-order valence-electron chi connectivity index (χ4n) is 2.87. The van der Waals surface area contributed by atoms with Gasteiger partial charge in [-0.25, -0.2) is 8.42 Å². The van der Waals surface area contributed by atoms with Crippen molar-refractivity contribution < 1.29 is 8.42 Å². The number of sulfonamides is 1. The lowest BCUT2D eigenvalue weighted by molar-refractivity contribution is 0.301. The van der Waals surface area contributed by atoms with Gasteiger partial charge in [-0.2, -0.15) is 4.31 Å². The topological polar surface area (TPSA) is 62.3 Å². The second-order valence-electron chi connectivity index (χ2n) is 5.76. The highest BCUT2D eigenvalue weighted by Crippen LogP contribution is 2.23. The van der Waals surface area contributed by atoms with Crippen LogP contribution in [0.1, 0.15) is 19.8 Å². The van der Waals surface area contributed by atoms with Gasteiger partial charge in [0.2, 0.25) is 10.0 Å². The van der Waals surface area contributed by atoms with Crippen molar-refractivity contribution in [2.24, 2.45) is 0 Å². The van der Waals surface area contributed by atoms with Crippen LogP contribution in [0.25, 0.3) is 10.8 Å². The van der Waals surface area contributed by atoms with Crippen LogP contribution >= 0.6 is 12.4 Å². The number of benzene rings is 1. The molecule has 5 nitrogen and oxygen atoms in total. The first-order valence-corrected chi connectivity index (χ1v) is 9.09. The van der Waals surface area contributed by atoms with Gasteiger partial charge in [-0.1, -0.05) is 6.07 Å². The highest BCUT2D eigenvalue weighted by Gasteiger charge is 2.29. The summed E-state index contributed by atoms with van der Waals surface area (Å²) in [6.07, 6.45) is 5.31. The third-order valence-corrected chi connectivity index (χ3v) is 6.14. The molecule has 126 valence electrons. The van der Waals surface area contributed by atoms with E-state index in [0.29, 0.717) is 18.0 Å². The predicted molar refractivity (Wildman–Crippen MR) is 94.4 cm³/mol. The van der Waals surface area contributed by atoms with Gasteiger partial charge in [0.1, 0.15) is 0 Å². The van der Waals surface area contributed by atoms with E-state index in [1.54, 1.807) is 28.8 Å². The van der Waals surface area contributed by atoms with Gasteiger partial charge in [-0.05, 0) is 49.9 Å². The predicted octanol–water partition coefficient (Wildman–Crippen LogP) is 2.42. The molecule has 7 heteroatoms. The molecule has 0 spiro atoms. The van der Waals surface area contributed by atoms with Crippen molar-refractivity contribution in [1.82, 2.24) is 14.6 Å². The Morgan fingerprint density at radius 1 is 1.22 bits per heavy atom. The smallest absolute Gasteiger partial charge is 0.243 e. The molecule has 23 heavy (non-hydrogen) atoms. The Labute approximate surface area is 143 Å². The molecule has 1 N–H and O–H groups in total. The average Bonchev–Trinajstić information content (AvgIpc) is 2.50. The summed E-state index contributed by atoms with van der Waals surface area (Å²) in [5.74, 6) is 0. The van der Waals surface area contributed by atoms with Gasteiger partial charge in [0, 0.05) is 36.9 Å². The van der Waals surface area contributed by atoms with Gasteiger partial charge in [0.05, 0.1) is 4.90 Å². The first-order valence-electron chi connectivity index (χ1n) is 7.65. The summed E-state index contributed by atoms with van der Waals surface area (Å²) in [7, 11) is -3.47. The van der Waals surface area contributed by atoms with E-state index in [0.717, 1.165) is 30.2 Å². The van der Waals surface area contributed by atoms with E-state index in [4.69, 9.17) is 0 Å². The number of fused-ring (bicyclic) bond motifs is 1. The molecule has 0 aliphatic carbocycles. The van der Waals surface area contributed by atoms with Crippen LogP contribution < -0.4 is 5.32 Å². The van der Waals surface area contributed by atoms with Crippen molar-refractivity contribution in [3.05, 3.63) is 36.7 Å². The minimum absolute atomic E-state index is 0. The quantitative estimate of drug-likeness (QED) is 0.898. The summed E-state index contributed by atoms with van der Waals surface area (Å²) in [5, 5.41) is 5.15. The van der Waals surface area contributed by atoms with Crippen molar-refractivity contribution in [3.63, 3.8) is 0 Å². The van der Waals surface area contributed by atoms with E-state index < -0.39 is 10.0 Å². The minimum atomic E-state index is -3.47. The van der Waals surface area contributed by atoms with E-state index >= 15 is 0 Å². The average molecular weight is 356 g/mol. The number of rotatable bonds is 2. The monoisotopic (exact) mass is 355 g/mol. The van der Waals surface area contributed by atoms with Crippen molar-refractivity contribution in [2.45, 2.75) is 30.7 Å². The van der Waals surface area contributed by atoms with Crippen molar-refractivity contribution in [2.75, 3.05) is 19.6 Å². The molecular weight excluding hydrogens is 334 g/mol. The first-order chi connectivity index (χ1) is 10.6. The Morgan fingerprint density at radius 2 is 2.04 bits per heavy atom. The fourth-order valence-corrected chi connectivity index (χ4v) is 4.57. The van der Waals surface area contributed by atoms with E-state index in [9.17, 15) is 8.42 Å². The molecule has 0 amide bonds. The van der Waals surface area contributed by atoms with Crippen LogP contribution in [0.15, 0.2) is 41.6 Å². The van der Waals surface area contributed by atoms with Crippen LogP contribution in [-0.4, -0.2) is 43.4 Å². The van der Waals surface area contributed by atoms with Gasteiger partial charge in [0.25, 0.3) is 0 Å². The zero-order valence-electron chi connectivity index (χ0n) is 13.1. The normalized spacial score (nSPS) is 20.5. The molecule has 1 atom stereocenters. The highest BCUT2D eigenvalue weighted by molar-refractivity contribution is 7.89. The molecule has 0 saturated carbocycles. The highest BCUT2D eigenvalue weighted by atomic mass is 35.5. The first kappa shape index (κ1) is 18.1. The maximum Gasteiger partial charge on any atom is 0.243 e. The number of pyridine rings is 1. The van der Waals surface area contributed by atoms with Crippen LogP contribution in [0, 0.1) is 0 Å². The van der Waals surface area contributed by atoms with Gasteiger partial charge in [-0.3, -0.25) is 4.98 Å². The van der Waals surface area contributed by atoms with Crippen molar-refractivity contribution in [3.8, 4) is 0 Å². The molecule has 1 aromatic heterocycles. The molecule has 0 bridgehead atoms. The van der Waals surface area contributed by atoms with Crippen molar-refractivity contribution >= 4 is 33.2 Å². The van der Waals surface area contributed by atoms with Crippen LogP contribution in [-0.2, 0) is 10.0 Å². The molecular formula is C16H22ClN3O2S. The van der Waals surface area contributed by atoms with E-state index in [-0.39, 0.29) is 18.4 Å². The van der Waals surface area contributed by atoms with Crippen LogP contribution in [0.5, 0.6) is 0 Å². The molecule has 0 radical (unpaired) electrons. The van der Waals surface area contributed by atoms with Crippen LogP contribution in [0.4, 0.5) is 0 Å². The van der Waals surface area contributed by atoms with Crippen molar-refractivity contribution in [1.29, 1.82) is 0 Å². The summed E-state index contributed by atoms with van der Waals surface area (Å²) < 4.78 is 27.6. The largest absolute Gasteiger partial charge is 0.315 e. The maximum atomic E-state index is 13.0. The van der Waals surface area contributed by atoms with E-state index in [2.05, 4.69) is 10.3 Å². The molecule has 1 fully saturated rings. The Morgan fingerprint density at radius 3 is 2.87 bits per heavy atom.